The largest absolute Gasteiger partial charge is 0.490 e. The van der Waals surface area contributed by atoms with Gasteiger partial charge in [0.15, 0.2) is 0 Å². The first-order valence-electron chi connectivity index (χ1n) is 12.1. The molecular formula is C24H30ClF3N6O3. The molecule has 0 radical (unpaired) electrons. The van der Waals surface area contributed by atoms with Crippen LogP contribution in [0.5, 0.6) is 0 Å². The van der Waals surface area contributed by atoms with E-state index in [0.717, 1.165) is 56.4 Å². The number of nitrogens with one attached hydrogen (secondary N) is 3. The number of piperidine rings is 1. The van der Waals surface area contributed by atoms with Crippen LogP contribution >= 0.6 is 11.6 Å². The molecule has 202 valence electrons. The lowest BCUT2D eigenvalue weighted by Gasteiger charge is -2.52. The van der Waals surface area contributed by atoms with Crippen molar-refractivity contribution in [2.24, 2.45) is 10.8 Å². The zero-order chi connectivity index (χ0) is 27.0. The van der Waals surface area contributed by atoms with Gasteiger partial charge < -0.3 is 15.7 Å². The lowest BCUT2D eigenvalue weighted by molar-refractivity contribution is -0.192. The number of amides is 2. The molecule has 4 N–H and O–H groups in total. The number of alkyl halides is 3. The number of urea groups is 1. The minimum atomic E-state index is -5.08. The number of rotatable bonds is 3. The summed E-state index contributed by atoms with van der Waals surface area (Å²) in [7, 11) is 0. The number of hydrogen-bond acceptors (Lipinski definition) is 5. The van der Waals surface area contributed by atoms with Crippen LogP contribution in [0, 0.1) is 10.8 Å². The fourth-order valence-corrected chi connectivity index (χ4v) is 5.55. The quantitative estimate of drug-likeness (QED) is 0.454. The Morgan fingerprint density at radius 1 is 1.19 bits per heavy atom. The van der Waals surface area contributed by atoms with Crippen molar-refractivity contribution in [3.63, 3.8) is 0 Å². The number of halogens is 4. The summed E-state index contributed by atoms with van der Waals surface area (Å²) in [6.07, 6.45) is 3.84. The fourth-order valence-electron chi connectivity index (χ4n) is 5.34. The van der Waals surface area contributed by atoms with Crippen LogP contribution in [0.4, 0.5) is 23.8 Å². The van der Waals surface area contributed by atoms with Gasteiger partial charge in [0.05, 0.1) is 11.2 Å². The molecule has 2 fully saturated rings. The molecule has 0 bridgehead atoms. The summed E-state index contributed by atoms with van der Waals surface area (Å²) in [6, 6.07) is 1.90. The van der Waals surface area contributed by atoms with Crippen LogP contribution in [0.2, 0.25) is 5.02 Å². The SMILES string of the molecule is CC1(C)Cc2c(-c3cc(NC(=O)NC4CCC45CCNCC5)ncc3Cl)cnn2C1.O=C(O)C(F)(F)F. The molecule has 1 saturated carbocycles. The van der Waals surface area contributed by atoms with Gasteiger partial charge in [-0.15, -0.1) is 0 Å². The summed E-state index contributed by atoms with van der Waals surface area (Å²) in [5.74, 6) is -2.25. The Hall–Kier alpha value is -2.86. The molecule has 1 aliphatic carbocycles. The van der Waals surface area contributed by atoms with Crippen molar-refractivity contribution < 1.29 is 27.9 Å². The van der Waals surface area contributed by atoms with Gasteiger partial charge in [0.25, 0.3) is 0 Å². The van der Waals surface area contributed by atoms with Crippen molar-refractivity contribution in [2.75, 3.05) is 18.4 Å². The topological polar surface area (TPSA) is 121 Å². The summed E-state index contributed by atoms with van der Waals surface area (Å²) in [5.41, 5.74) is 3.52. The maximum absolute atomic E-state index is 12.7. The van der Waals surface area contributed by atoms with Crippen molar-refractivity contribution in [3.8, 4) is 11.1 Å². The van der Waals surface area contributed by atoms with Gasteiger partial charge in [0.2, 0.25) is 0 Å². The van der Waals surface area contributed by atoms with E-state index in [2.05, 4.69) is 44.6 Å². The number of carboxylic acids is 1. The van der Waals surface area contributed by atoms with E-state index in [0.29, 0.717) is 10.8 Å². The van der Waals surface area contributed by atoms with Crippen molar-refractivity contribution >= 4 is 29.4 Å². The number of aliphatic carboxylic acids is 1. The zero-order valence-corrected chi connectivity index (χ0v) is 21.3. The molecule has 9 nitrogen and oxygen atoms in total. The Balaban J connectivity index is 0.000000405. The number of carbonyl (C=O) groups is 2. The van der Waals surface area contributed by atoms with E-state index in [-0.39, 0.29) is 22.9 Å². The Morgan fingerprint density at radius 2 is 1.86 bits per heavy atom. The van der Waals surface area contributed by atoms with Gasteiger partial charge in [-0.1, -0.05) is 25.4 Å². The molecule has 37 heavy (non-hydrogen) atoms. The molecule has 0 aromatic carbocycles. The van der Waals surface area contributed by atoms with E-state index in [1.54, 1.807) is 6.20 Å². The van der Waals surface area contributed by atoms with Gasteiger partial charge in [0, 0.05) is 35.6 Å². The molecule has 13 heteroatoms. The summed E-state index contributed by atoms with van der Waals surface area (Å²) in [6.45, 7) is 7.46. The maximum Gasteiger partial charge on any atom is 0.490 e. The number of anilines is 1. The average molecular weight is 543 g/mol. The number of aromatic nitrogens is 3. The third kappa shape index (κ3) is 6.01. The molecular weight excluding hydrogens is 513 g/mol. The summed E-state index contributed by atoms with van der Waals surface area (Å²) in [4.78, 5) is 25.9. The number of fused-ring (bicyclic) bond motifs is 1. The van der Waals surface area contributed by atoms with E-state index in [1.807, 2.05) is 12.3 Å². The van der Waals surface area contributed by atoms with Crippen LogP contribution in [0.15, 0.2) is 18.5 Å². The van der Waals surface area contributed by atoms with Crippen LogP contribution in [0.3, 0.4) is 0 Å². The van der Waals surface area contributed by atoms with Gasteiger partial charge in [-0.2, -0.15) is 18.3 Å². The number of pyridine rings is 1. The second-order valence-electron chi connectivity index (χ2n) is 10.7. The minimum absolute atomic E-state index is 0.187. The summed E-state index contributed by atoms with van der Waals surface area (Å²) < 4.78 is 33.8. The van der Waals surface area contributed by atoms with E-state index < -0.39 is 12.1 Å². The standard InChI is InChI=1S/C22H29ClN6O.C2HF3O2/c1-21(2)10-17-15(11-26-29(17)13-21)14-9-19(25-12-16(14)23)28-20(30)27-18-3-4-22(18)5-7-24-8-6-22;3-2(4,5)1(6)7/h9,11-12,18,24H,3-8,10,13H2,1-2H3,(H2,25,27,28,30);(H,6,7). The molecule has 3 aliphatic rings. The summed E-state index contributed by atoms with van der Waals surface area (Å²) >= 11 is 6.48. The highest BCUT2D eigenvalue weighted by atomic mass is 35.5. The van der Waals surface area contributed by atoms with Gasteiger partial charge in [-0.3, -0.25) is 10.00 Å². The molecule has 5 rings (SSSR count). The highest BCUT2D eigenvalue weighted by molar-refractivity contribution is 6.33. The van der Waals surface area contributed by atoms with Gasteiger partial charge in [-0.05, 0) is 62.1 Å². The number of nitrogens with zero attached hydrogens (tertiary/aromatic N) is 3. The molecule has 2 aromatic rings. The molecule has 1 spiro atoms. The number of hydrogen-bond donors (Lipinski definition) is 4. The third-order valence-electron chi connectivity index (χ3n) is 7.38. The highest BCUT2D eigenvalue weighted by Gasteiger charge is 2.47. The number of carbonyl (C=O) groups excluding carboxylic acids is 1. The molecule has 2 aromatic heterocycles. The van der Waals surface area contributed by atoms with Crippen molar-refractivity contribution in [1.82, 2.24) is 25.4 Å². The first-order valence-corrected chi connectivity index (χ1v) is 12.5. The van der Waals surface area contributed by atoms with Crippen LogP contribution in [-0.4, -0.2) is 57.2 Å². The van der Waals surface area contributed by atoms with Crippen molar-refractivity contribution in [2.45, 2.75) is 64.7 Å². The lowest BCUT2D eigenvalue weighted by Crippen LogP contribution is -2.59. The molecule has 4 heterocycles. The van der Waals surface area contributed by atoms with Crippen molar-refractivity contribution in [1.29, 1.82) is 0 Å². The van der Waals surface area contributed by atoms with E-state index in [1.165, 1.54) is 12.1 Å². The number of carboxylic acid groups (broad SMARTS) is 1. The van der Waals surface area contributed by atoms with Gasteiger partial charge in [0.1, 0.15) is 5.82 Å². The average Bonchev–Trinajstić information content (AvgIpc) is 3.33. The van der Waals surface area contributed by atoms with Gasteiger partial charge in [-0.25, -0.2) is 14.6 Å². The fraction of sp³-hybridized carbons (Fsp3) is 0.583. The smallest absolute Gasteiger partial charge is 0.475 e. The summed E-state index contributed by atoms with van der Waals surface area (Å²) in [5, 5.41) is 21.7. The van der Waals surface area contributed by atoms with Crippen LogP contribution in [0.25, 0.3) is 11.1 Å². The van der Waals surface area contributed by atoms with E-state index in [4.69, 9.17) is 21.5 Å². The third-order valence-corrected chi connectivity index (χ3v) is 7.68. The lowest BCUT2D eigenvalue weighted by atomic mass is 9.59. The van der Waals surface area contributed by atoms with Crippen LogP contribution in [-0.2, 0) is 17.8 Å². The molecule has 1 saturated heterocycles. The Bertz CT molecular complexity index is 1180. The van der Waals surface area contributed by atoms with Crippen LogP contribution < -0.4 is 16.0 Å². The minimum Gasteiger partial charge on any atom is -0.475 e. The van der Waals surface area contributed by atoms with E-state index in [9.17, 15) is 18.0 Å². The molecule has 1 atom stereocenters. The second-order valence-corrected chi connectivity index (χ2v) is 11.1. The van der Waals surface area contributed by atoms with E-state index >= 15 is 0 Å². The van der Waals surface area contributed by atoms with Crippen molar-refractivity contribution in [3.05, 3.63) is 29.2 Å². The van der Waals surface area contributed by atoms with Gasteiger partial charge >= 0.3 is 18.2 Å². The first-order chi connectivity index (χ1) is 17.3. The Labute approximate surface area is 217 Å². The Morgan fingerprint density at radius 3 is 2.46 bits per heavy atom. The second kappa shape index (κ2) is 10.1. The first kappa shape index (κ1) is 27.2. The molecule has 1 unspecified atom stereocenters. The maximum atomic E-state index is 12.7. The predicted octanol–water partition coefficient (Wildman–Crippen LogP) is 4.47. The predicted molar refractivity (Wildman–Crippen MR) is 131 cm³/mol. The molecule has 2 aliphatic heterocycles. The monoisotopic (exact) mass is 542 g/mol. The Kier molecular flexibility index (Phi) is 7.44. The normalized spacial score (nSPS) is 21.3. The van der Waals surface area contributed by atoms with Crippen LogP contribution in [0.1, 0.15) is 45.2 Å². The highest BCUT2D eigenvalue weighted by Crippen LogP contribution is 2.48. The molecule has 2 amide bonds. The zero-order valence-electron chi connectivity index (χ0n) is 20.6.